The zero-order valence-corrected chi connectivity index (χ0v) is 16.1. The maximum Gasteiger partial charge on any atom is 0.377 e. The summed E-state index contributed by atoms with van der Waals surface area (Å²) in [7, 11) is 1.45. The first-order valence-electron chi connectivity index (χ1n) is 8.73. The van der Waals surface area contributed by atoms with Gasteiger partial charge in [-0.15, -0.1) is 4.68 Å². The van der Waals surface area contributed by atoms with E-state index in [0.717, 1.165) is 4.68 Å². The summed E-state index contributed by atoms with van der Waals surface area (Å²) in [5.74, 6) is -0.710. The molecule has 0 radical (unpaired) electrons. The Morgan fingerprint density at radius 2 is 1.86 bits per heavy atom. The first-order valence-corrected chi connectivity index (χ1v) is 8.73. The number of ether oxygens (including phenoxy) is 1. The minimum Gasteiger partial charge on any atom is -0.494 e. The maximum atomic E-state index is 13.0. The third-order valence-corrected chi connectivity index (χ3v) is 4.45. The summed E-state index contributed by atoms with van der Waals surface area (Å²) in [4.78, 5) is 38.5. The summed E-state index contributed by atoms with van der Waals surface area (Å²) in [6.07, 6.45) is 0. The van der Waals surface area contributed by atoms with E-state index in [1.807, 2.05) is 0 Å². The van der Waals surface area contributed by atoms with Crippen molar-refractivity contribution < 1.29 is 19.4 Å². The number of amides is 1. The lowest BCUT2D eigenvalue weighted by Gasteiger charge is -2.22. The molecule has 10 heteroatoms. The van der Waals surface area contributed by atoms with Crippen LogP contribution in [-0.4, -0.2) is 50.6 Å². The normalized spacial score (nSPS) is 10.6. The van der Waals surface area contributed by atoms with Crippen LogP contribution in [0.5, 0.6) is 5.75 Å². The number of benzene rings is 2. The van der Waals surface area contributed by atoms with Crippen LogP contribution in [0.4, 0.5) is 10.5 Å². The Labute approximate surface area is 165 Å². The number of carbonyl (C=O) groups excluding carboxylic acids is 1. The van der Waals surface area contributed by atoms with Gasteiger partial charge in [-0.05, 0) is 54.1 Å². The lowest BCUT2D eigenvalue weighted by atomic mass is 10.1. The average Bonchev–Trinajstić information content (AvgIpc) is 3.10. The highest BCUT2D eigenvalue weighted by atomic mass is 16.5. The molecule has 150 valence electrons. The molecule has 0 saturated heterocycles. The minimum atomic E-state index is -1.10. The molecule has 1 amide bonds. The van der Waals surface area contributed by atoms with Crippen LogP contribution >= 0.6 is 0 Å². The van der Waals surface area contributed by atoms with E-state index in [4.69, 9.17) is 4.74 Å². The lowest BCUT2D eigenvalue weighted by molar-refractivity contribution is 0.0696. The van der Waals surface area contributed by atoms with Gasteiger partial charge in [0.25, 0.3) is 0 Å². The van der Waals surface area contributed by atoms with Gasteiger partial charge in [0, 0.05) is 12.2 Å². The first-order chi connectivity index (χ1) is 13.9. The third-order valence-electron chi connectivity index (χ3n) is 4.45. The molecule has 0 atom stereocenters. The molecule has 0 aliphatic rings. The lowest BCUT2D eigenvalue weighted by Crippen LogP contribution is -2.41. The fourth-order valence-electron chi connectivity index (χ4n) is 2.99. The minimum absolute atomic E-state index is 0.0683. The van der Waals surface area contributed by atoms with Crippen LogP contribution in [0.3, 0.4) is 0 Å². The SMILES string of the molecule is CCN(C(=O)n1nnn(-c2ccccc2OC)c1=O)c1cccc(C(=O)O)c1C. The zero-order valence-electron chi connectivity index (χ0n) is 16.1. The highest BCUT2D eigenvalue weighted by Crippen LogP contribution is 2.24. The molecule has 10 nitrogen and oxygen atoms in total. The predicted molar refractivity (Wildman–Crippen MR) is 104 cm³/mol. The van der Waals surface area contributed by atoms with Crippen molar-refractivity contribution in [2.45, 2.75) is 13.8 Å². The first kappa shape index (κ1) is 19.8. The van der Waals surface area contributed by atoms with Crippen molar-refractivity contribution in [3.63, 3.8) is 0 Å². The van der Waals surface area contributed by atoms with Crippen molar-refractivity contribution in [3.8, 4) is 11.4 Å². The van der Waals surface area contributed by atoms with Crippen LogP contribution in [0, 0.1) is 6.92 Å². The maximum absolute atomic E-state index is 13.0. The van der Waals surface area contributed by atoms with Crippen LogP contribution in [0.25, 0.3) is 5.69 Å². The van der Waals surface area contributed by atoms with E-state index < -0.39 is 17.7 Å². The standard InChI is InChI=1S/C19H19N5O5/c1-4-22(14-10-7-8-13(12(14)2)17(25)26)18(27)24-19(28)23(20-21-24)15-9-5-6-11-16(15)29-3/h5-11H,4H2,1-3H3,(H,25,26). The second kappa shape index (κ2) is 7.97. The van der Waals surface area contributed by atoms with E-state index in [-0.39, 0.29) is 12.1 Å². The number of nitrogens with zero attached hydrogens (tertiary/aromatic N) is 5. The summed E-state index contributed by atoms with van der Waals surface area (Å²) in [5.41, 5.74) is 0.409. The number of aromatic carboxylic acids is 1. The number of para-hydroxylation sites is 2. The van der Waals surface area contributed by atoms with Crippen molar-refractivity contribution in [3.05, 3.63) is 64.1 Å². The van der Waals surface area contributed by atoms with Crippen molar-refractivity contribution in [1.82, 2.24) is 19.8 Å². The second-order valence-corrected chi connectivity index (χ2v) is 6.04. The average molecular weight is 397 g/mol. The quantitative estimate of drug-likeness (QED) is 0.653. The summed E-state index contributed by atoms with van der Waals surface area (Å²) < 4.78 is 6.82. The fourth-order valence-corrected chi connectivity index (χ4v) is 2.99. The molecule has 3 rings (SSSR count). The van der Waals surface area contributed by atoms with Gasteiger partial charge in [0.2, 0.25) is 0 Å². The van der Waals surface area contributed by atoms with Crippen LogP contribution in [0.2, 0.25) is 0 Å². The van der Waals surface area contributed by atoms with Gasteiger partial charge in [-0.1, -0.05) is 18.2 Å². The molecule has 1 heterocycles. The number of carbonyl (C=O) groups is 2. The second-order valence-electron chi connectivity index (χ2n) is 6.04. The van der Waals surface area contributed by atoms with Crippen LogP contribution < -0.4 is 15.3 Å². The van der Waals surface area contributed by atoms with Gasteiger partial charge in [-0.25, -0.2) is 14.4 Å². The largest absolute Gasteiger partial charge is 0.494 e. The number of methoxy groups -OCH3 is 1. The summed E-state index contributed by atoms with van der Waals surface area (Å²) in [6, 6.07) is 10.6. The Morgan fingerprint density at radius 1 is 1.14 bits per heavy atom. The molecule has 0 aliphatic carbocycles. The van der Waals surface area contributed by atoms with Crippen molar-refractivity contribution >= 4 is 17.7 Å². The molecular weight excluding hydrogens is 378 g/mol. The molecule has 0 bridgehead atoms. The summed E-state index contributed by atoms with van der Waals surface area (Å²) in [5, 5.41) is 16.8. The Balaban J connectivity index is 2.05. The smallest absolute Gasteiger partial charge is 0.377 e. The molecule has 29 heavy (non-hydrogen) atoms. The van der Waals surface area contributed by atoms with Crippen molar-refractivity contribution in [1.29, 1.82) is 0 Å². The van der Waals surface area contributed by atoms with Crippen LogP contribution in [0.1, 0.15) is 22.8 Å². The topological polar surface area (TPSA) is 120 Å². The summed E-state index contributed by atoms with van der Waals surface area (Å²) in [6.45, 7) is 3.50. The number of carboxylic acids is 1. The number of anilines is 1. The fraction of sp³-hybridized carbons (Fsp3) is 0.211. The van der Waals surface area contributed by atoms with Crippen LogP contribution in [0.15, 0.2) is 47.3 Å². The molecule has 0 spiro atoms. The number of tetrazole rings is 1. The van der Waals surface area contributed by atoms with Gasteiger partial charge < -0.3 is 9.84 Å². The predicted octanol–water partition coefficient (Wildman–Crippen LogP) is 1.94. The molecule has 0 aliphatic heterocycles. The number of hydrogen-bond donors (Lipinski definition) is 1. The van der Waals surface area contributed by atoms with E-state index in [9.17, 15) is 19.5 Å². The van der Waals surface area contributed by atoms with Gasteiger partial charge in [0.1, 0.15) is 11.4 Å². The zero-order chi connectivity index (χ0) is 21.1. The molecule has 1 N–H and O–H groups in total. The molecule has 2 aromatic carbocycles. The molecule has 1 aromatic heterocycles. The Kier molecular flexibility index (Phi) is 5.44. The van der Waals surface area contributed by atoms with E-state index >= 15 is 0 Å². The monoisotopic (exact) mass is 397 g/mol. The number of rotatable bonds is 5. The highest BCUT2D eigenvalue weighted by molar-refractivity contribution is 5.97. The van der Waals surface area contributed by atoms with Crippen LogP contribution in [-0.2, 0) is 0 Å². The van der Waals surface area contributed by atoms with Gasteiger partial charge >= 0.3 is 17.7 Å². The van der Waals surface area contributed by atoms with Gasteiger partial charge in [0.05, 0.1) is 12.7 Å². The van der Waals surface area contributed by atoms with Gasteiger partial charge in [-0.3, -0.25) is 4.90 Å². The van der Waals surface area contributed by atoms with Crippen molar-refractivity contribution in [2.75, 3.05) is 18.6 Å². The van der Waals surface area contributed by atoms with E-state index in [1.54, 1.807) is 44.2 Å². The van der Waals surface area contributed by atoms with Crippen molar-refractivity contribution in [2.24, 2.45) is 0 Å². The van der Waals surface area contributed by atoms with E-state index in [2.05, 4.69) is 10.4 Å². The Morgan fingerprint density at radius 3 is 2.52 bits per heavy atom. The number of carboxylic acid groups (broad SMARTS) is 1. The van der Waals surface area contributed by atoms with Gasteiger partial charge in [-0.2, -0.15) is 4.68 Å². The Bertz CT molecular complexity index is 1130. The van der Waals surface area contributed by atoms with E-state index in [0.29, 0.717) is 27.4 Å². The summed E-state index contributed by atoms with van der Waals surface area (Å²) >= 11 is 0. The molecule has 0 saturated carbocycles. The molecule has 0 fully saturated rings. The van der Waals surface area contributed by atoms with Gasteiger partial charge in [0.15, 0.2) is 0 Å². The van der Waals surface area contributed by atoms with E-state index in [1.165, 1.54) is 24.1 Å². The highest BCUT2D eigenvalue weighted by Gasteiger charge is 2.25. The number of aromatic nitrogens is 4. The molecular formula is C19H19N5O5. The Hall–Kier alpha value is -3.95. The molecule has 0 unspecified atom stereocenters. The molecule has 3 aromatic rings. The number of hydrogen-bond acceptors (Lipinski definition) is 6. The third kappa shape index (κ3) is 3.47.